The molecule has 10 heteroatoms. The highest BCUT2D eigenvalue weighted by Gasteiger charge is 2.27. The largest absolute Gasteiger partial charge is 0.487 e. The zero-order valence-corrected chi connectivity index (χ0v) is 26.3. The molecule has 1 unspecified atom stereocenters. The highest BCUT2D eigenvalue weighted by molar-refractivity contribution is 7.83. The Morgan fingerprint density at radius 2 is 1.76 bits per heavy atom. The number of hydrogen-bond acceptors (Lipinski definition) is 7. The number of aromatic nitrogens is 3. The third kappa shape index (κ3) is 5.91. The SMILES string of the molecule is CCN(CC)c1ccc(-c2cc3c(-c4ccc(O[C@@H]5CCN(C(C)=O)C5)c(C#N)c4)ncnc3n2S(=O)c2ccccc2)cc1. The number of fused-ring (bicyclic) bond motifs is 1. The summed E-state index contributed by atoms with van der Waals surface area (Å²) in [7, 11) is -1.59. The molecule has 0 radical (unpaired) electrons. The fraction of sp³-hybridized carbons (Fsp3) is 0.257. The Morgan fingerprint density at radius 3 is 2.42 bits per heavy atom. The van der Waals surface area contributed by atoms with Crippen LogP contribution in [-0.4, -0.2) is 61.2 Å². The van der Waals surface area contributed by atoms with E-state index in [1.165, 1.54) is 6.33 Å². The van der Waals surface area contributed by atoms with Gasteiger partial charge in [-0.15, -0.1) is 0 Å². The van der Waals surface area contributed by atoms with Crippen molar-refractivity contribution in [1.29, 1.82) is 5.26 Å². The van der Waals surface area contributed by atoms with Gasteiger partial charge in [0, 0.05) is 49.6 Å². The van der Waals surface area contributed by atoms with Crippen molar-refractivity contribution in [2.24, 2.45) is 0 Å². The molecule has 0 saturated carbocycles. The van der Waals surface area contributed by atoms with Gasteiger partial charge in [-0.05, 0) is 67.9 Å². The molecule has 3 heterocycles. The summed E-state index contributed by atoms with van der Waals surface area (Å²) in [6.45, 7) is 8.76. The van der Waals surface area contributed by atoms with Crippen LogP contribution in [0, 0.1) is 11.3 Å². The minimum Gasteiger partial charge on any atom is -0.487 e. The van der Waals surface area contributed by atoms with Crippen LogP contribution in [0.15, 0.2) is 90.1 Å². The van der Waals surface area contributed by atoms with E-state index in [0.29, 0.717) is 52.6 Å². The van der Waals surface area contributed by atoms with Crippen LogP contribution in [0.5, 0.6) is 5.75 Å². The summed E-state index contributed by atoms with van der Waals surface area (Å²) >= 11 is 0. The van der Waals surface area contributed by atoms with E-state index < -0.39 is 11.0 Å². The molecule has 3 aromatic carbocycles. The van der Waals surface area contributed by atoms with Gasteiger partial charge in [0.1, 0.15) is 24.3 Å². The molecule has 1 aliphatic heterocycles. The van der Waals surface area contributed by atoms with E-state index in [1.54, 1.807) is 27.9 Å². The van der Waals surface area contributed by atoms with Gasteiger partial charge < -0.3 is 14.5 Å². The van der Waals surface area contributed by atoms with Gasteiger partial charge in [0.2, 0.25) is 5.91 Å². The molecule has 0 aliphatic carbocycles. The van der Waals surface area contributed by atoms with Gasteiger partial charge in [-0.1, -0.05) is 30.3 Å². The molecule has 6 rings (SSSR count). The quantitative estimate of drug-likeness (QED) is 0.198. The van der Waals surface area contributed by atoms with E-state index in [-0.39, 0.29) is 12.0 Å². The summed E-state index contributed by atoms with van der Waals surface area (Å²) in [5.74, 6) is 0.489. The summed E-state index contributed by atoms with van der Waals surface area (Å²) in [5.41, 5.74) is 5.01. The number of carbonyl (C=O) groups excluding carboxylic acids is 1. The van der Waals surface area contributed by atoms with Crippen molar-refractivity contribution >= 4 is 33.6 Å². The van der Waals surface area contributed by atoms with Crippen LogP contribution in [0.1, 0.15) is 32.8 Å². The minimum atomic E-state index is -1.59. The van der Waals surface area contributed by atoms with Crippen LogP contribution >= 0.6 is 0 Å². The number of nitriles is 1. The van der Waals surface area contributed by atoms with Crippen molar-refractivity contribution < 1.29 is 13.7 Å². The molecule has 0 spiro atoms. The highest BCUT2D eigenvalue weighted by Crippen LogP contribution is 2.36. The molecule has 45 heavy (non-hydrogen) atoms. The highest BCUT2D eigenvalue weighted by atomic mass is 32.2. The lowest BCUT2D eigenvalue weighted by atomic mass is 10.0. The summed E-state index contributed by atoms with van der Waals surface area (Å²) in [6.07, 6.45) is 2.01. The van der Waals surface area contributed by atoms with Crippen molar-refractivity contribution in [2.75, 3.05) is 31.1 Å². The number of anilines is 1. The third-order valence-corrected chi connectivity index (χ3v) is 9.59. The standard InChI is InChI=1S/C35H34N6O3S/c1-4-39(5-2)28-14-11-25(12-15-28)32-20-31-34(37-23-38-35(31)41(32)45(43)30-9-7-6-8-10-30)26-13-16-33(27(19-26)21-36)44-29-17-18-40(22-29)24(3)42/h6-16,19-20,23,29H,4-5,17-18,22H2,1-3H3/t29-,45?/m1/s1. The number of likely N-dealkylation sites (tertiary alicyclic amines) is 1. The second-order valence-electron chi connectivity index (χ2n) is 10.9. The van der Waals surface area contributed by atoms with Gasteiger partial charge in [-0.2, -0.15) is 5.26 Å². The van der Waals surface area contributed by atoms with Crippen molar-refractivity contribution in [3.05, 3.63) is 90.8 Å². The molecule has 1 aliphatic rings. The summed E-state index contributed by atoms with van der Waals surface area (Å²) in [6, 6.07) is 27.2. The number of rotatable bonds is 9. The molecular weight excluding hydrogens is 584 g/mol. The summed E-state index contributed by atoms with van der Waals surface area (Å²) in [4.78, 5) is 25.7. The Bertz CT molecular complexity index is 1910. The van der Waals surface area contributed by atoms with Crippen molar-refractivity contribution in [2.45, 2.75) is 38.2 Å². The first-order chi connectivity index (χ1) is 21.9. The zero-order valence-electron chi connectivity index (χ0n) is 25.5. The fourth-order valence-corrected chi connectivity index (χ4v) is 7.06. The molecule has 2 atom stereocenters. The maximum Gasteiger partial charge on any atom is 0.219 e. The fourth-order valence-electron chi connectivity index (χ4n) is 5.82. The Hall–Kier alpha value is -5.01. The second kappa shape index (κ2) is 12.9. The lowest BCUT2D eigenvalue weighted by Gasteiger charge is -2.21. The molecule has 228 valence electrons. The van der Waals surface area contributed by atoms with Crippen molar-refractivity contribution in [3.63, 3.8) is 0 Å². The average Bonchev–Trinajstić information content (AvgIpc) is 3.71. The number of nitrogens with zero attached hydrogens (tertiary/aromatic N) is 6. The molecule has 5 aromatic rings. The first kappa shape index (κ1) is 30.0. The van der Waals surface area contributed by atoms with Crippen molar-refractivity contribution in [3.8, 4) is 34.3 Å². The van der Waals surface area contributed by atoms with E-state index in [9.17, 15) is 14.3 Å². The van der Waals surface area contributed by atoms with Gasteiger partial charge in [0.05, 0.1) is 28.4 Å². The lowest BCUT2D eigenvalue weighted by Crippen LogP contribution is -2.28. The Balaban J connectivity index is 1.44. The van der Waals surface area contributed by atoms with Gasteiger partial charge >= 0.3 is 0 Å². The summed E-state index contributed by atoms with van der Waals surface area (Å²) in [5, 5.41) is 10.8. The summed E-state index contributed by atoms with van der Waals surface area (Å²) < 4.78 is 22.0. The molecule has 1 fully saturated rings. The number of ether oxygens (including phenoxy) is 1. The van der Waals surface area contributed by atoms with Crippen molar-refractivity contribution in [1.82, 2.24) is 18.8 Å². The Morgan fingerprint density at radius 1 is 1.02 bits per heavy atom. The van der Waals surface area contributed by atoms with Crippen LogP contribution in [0.2, 0.25) is 0 Å². The van der Waals surface area contributed by atoms with E-state index in [2.05, 4.69) is 46.9 Å². The predicted molar refractivity (Wildman–Crippen MR) is 176 cm³/mol. The van der Waals surface area contributed by atoms with Crippen LogP contribution in [0.25, 0.3) is 33.5 Å². The average molecular weight is 619 g/mol. The molecule has 1 saturated heterocycles. The molecule has 0 bridgehead atoms. The lowest BCUT2D eigenvalue weighted by molar-refractivity contribution is -0.128. The van der Waals surface area contributed by atoms with E-state index in [1.807, 2.05) is 54.6 Å². The molecule has 1 amide bonds. The van der Waals surface area contributed by atoms with Gasteiger partial charge in [0.25, 0.3) is 0 Å². The Kier molecular flexibility index (Phi) is 8.62. The smallest absolute Gasteiger partial charge is 0.219 e. The zero-order chi connectivity index (χ0) is 31.5. The number of carbonyl (C=O) groups is 1. The minimum absolute atomic E-state index is 0.0177. The predicted octanol–water partition coefficient (Wildman–Crippen LogP) is 6.05. The van der Waals surface area contributed by atoms with Crippen LogP contribution in [-0.2, 0) is 15.8 Å². The number of amides is 1. The maximum absolute atomic E-state index is 14.1. The first-order valence-electron chi connectivity index (χ1n) is 15.1. The molecule has 9 nitrogen and oxygen atoms in total. The first-order valence-corrected chi connectivity index (χ1v) is 16.2. The van der Waals surface area contributed by atoms with E-state index in [0.717, 1.165) is 35.4 Å². The monoisotopic (exact) mass is 618 g/mol. The van der Waals surface area contributed by atoms with E-state index in [4.69, 9.17) is 4.74 Å². The van der Waals surface area contributed by atoms with Crippen LogP contribution < -0.4 is 9.64 Å². The molecule has 0 N–H and O–H groups in total. The van der Waals surface area contributed by atoms with Gasteiger partial charge in [-0.3, -0.25) is 4.79 Å². The Labute approximate surface area is 265 Å². The molecular formula is C35H34N6O3S. The molecule has 2 aromatic heterocycles. The van der Waals surface area contributed by atoms with Crippen LogP contribution in [0.4, 0.5) is 5.69 Å². The van der Waals surface area contributed by atoms with E-state index >= 15 is 0 Å². The number of benzene rings is 3. The van der Waals surface area contributed by atoms with Gasteiger partial charge in [0.15, 0.2) is 16.6 Å². The normalized spacial score (nSPS) is 15.2. The maximum atomic E-state index is 14.1. The third-order valence-electron chi connectivity index (χ3n) is 8.21. The number of hydrogen-bond donors (Lipinski definition) is 0. The second-order valence-corrected chi connectivity index (χ2v) is 12.2. The topological polar surface area (TPSA) is 104 Å². The van der Waals surface area contributed by atoms with Crippen LogP contribution in [0.3, 0.4) is 0 Å². The van der Waals surface area contributed by atoms with Gasteiger partial charge in [-0.25, -0.2) is 18.1 Å².